The zero-order chi connectivity index (χ0) is 15.5. The highest BCUT2D eigenvalue weighted by atomic mass is 32.2. The molecular formula is C12H12F3NO3S. The predicted molar refractivity (Wildman–Crippen MR) is 67.7 cm³/mol. The summed E-state index contributed by atoms with van der Waals surface area (Å²) in [7, 11) is 2.96. The van der Waals surface area contributed by atoms with E-state index in [1.54, 1.807) is 0 Å². The first kappa shape index (κ1) is 16.4. The smallest absolute Gasteiger partial charge is 0.416 e. The zero-order valence-electron chi connectivity index (χ0n) is 10.9. The molecule has 4 nitrogen and oxygen atoms in total. The molecule has 1 aromatic carbocycles. The number of thioether (sulfide) groups is 1. The number of rotatable bonds is 2. The molecule has 0 fully saturated rings. The molecule has 0 unspecified atom stereocenters. The quantitative estimate of drug-likeness (QED) is 0.477. The molecule has 0 N–H and O–H groups in total. The number of carbonyl (C=O) groups excluding carboxylic acids is 2. The summed E-state index contributed by atoms with van der Waals surface area (Å²) in [6, 6.07) is 2.76. The van der Waals surface area contributed by atoms with Crippen LogP contribution < -0.4 is 4.74 Å². The van der Waals surface area contributed by atoms with Crippen LogP contribution in [-0.2, 0) is 11.0 Å². The Hall–Kier alpha value is -1.70. The minimum absolute atomic E-state index is 0.0507. The van der Waals surface area contributed by atoms with Gasteiger partial charge in [0.15, 0.2) is 0 Å². The monoisotopic (exact) mass is 307 g/mol. The zero-order valence-corrected chi connectivity index (χ0v) is 11.8. The second kappa shape index (κ2) is 6.17. The number of nitrogens with zero attached hydrogens (tertiary/aromatic N) is 1. The van der Waals surface area contributed by atoms with Gasteiger partial charge in [-0.1, -0.05) is 0 Å². The van der Waals surface area contributed by atoms with Crippen LogP contribution in [0.1, 0.15) is 12.5 Å². The molecule has 0 bridgehead atoms. The van der Waals surface area contributed by atoms with E-state index in [9.17, 15) is 22.8 Å². The van der Waals surface area contributed by atoms with Gasteiger partial charge in [0.05, 0.1) is 5.56 Å². The van der Waals surface area contributed by atoms with Crippen molar-refractivity contribution in [2.75, 3.05) is 14.1 Å². The predicted octanol–water partition coefficient (Wildman–Crippen LogP) is 3.40. The maximum atomic E-state index is 12.7. The van der Waals surface area contributed by atoms with Crippen molar-refractivity contribution in [1.29, 1.82) is 0 Å². The number of carbonyl (C=O) groups is 2. The van der Waals surface area contributed by atoms with Crippen molar-refractivity contribution >= 4 is 23.0 Å². The van der Waals surface area contributed by atoms with Crippen molar-refractivity contribution < 1.29 is 27.5 Å². The summed E-state index contributed by atoms with van der Waals surface area (Å²) in [6.45, 7) is 1.08. The highest BCUT2D eigenvalue weighted by molar-refractivity contribution is 8.13. The molecule has 20 heavy (non-hydrogen) atoms. The first-order valence-electron chi connectivity index (χ1n) is 5.39. The Kier molecular flexibility index (Phi) is 5.04. The van der Waals surface area contributed by atoms with Gasteiger partial charge in [-0.3, -0.25) is 9.59 Å². The van der Waals surface area contributed by atoms with Gasteiger partial charge in [-0.15, -0.1) is 0 Å². The van der Waals surface area contributed by atoms with Crippen LogP contribution >= 0.6 is 11.8 Å². The van der Waals surface area contributed by atoms with Gasteiger partial charge in [0.2, 0.25) is 0 Å². The Morgan fingerprint density at radius 1 is 1.20 bits per heavy atom. The fourth-order valence-corrected chi connectivity index (χ4v) is 1.96. The van der Waals surface area contributed by atoms with Crippen LogP contribution in [-0.4, -0.2) is 30.2 Å². The topological polar surface area (TPSA) is 46.6 Å². The second-order valence-corrected chi connectivity index (χ2v) is 5.07. The number of halogens is 3. The first-order chi connectivity index (χ1) is 9.09. The fourth-order valence-electron chi connectivity index (χ4n) is 1.21. The molecule has 0 aliphatic carbocycles. The van der Waals surface area contributed by atoms with E-state index in [1.165, 1.54) is 25.1 Å². The standard InChI is InChI=1S/C12H12F3NO3S/c1-7(17)19-9-4-8(12(13,14)15)5-10(6-9)20-11(18)16(2)3/h4-6H,1-3H3. The van der Waals surface area contributed by atoms with Crippen molar-refractivity contribution in [1.82, 2.24) is 4.90 Å². The SMILES string of the molecule is CC(=O)Oc1cc(SC(=O)N(C)C)cc(C(F)(F)F)c1. The van der Waals surface area contributed by atoms with Crippen LogP contribution in [0.15, 0.2) is 23.1 Å². The van der Waals surface area contributed by atoms with Gasteiger partial charge in [0.25, 0.3) is 5.24 Å². The third-order valence-electron chi connectivity index (χ3n) is 2.04. The van der Waals surface area contributed by atoms with Crippen molar-refractivity contribution in [2.45, 2.75) is 18.0 Å². The molecule has 110 valence electrons. The van der Waals surface area contributed by atoms with Crippen LogP contribution in [0.3, 0.4) is 0 Å². The highest BCUT2D eigenvalue weighted by Crippen LogP contribution is 2.35. The van der Waals surface area contributed by atoms with Gasteiger partial charge in [-0.2, -0.15) is 13.2 Å². The number of amides is 1. The van der Waals surface area contributed by atoms with Crippen molar-refractivity contribution in [2.24, 2.45) is 0 Å². The fraction of sp³-hybridized carbons (Fsp3) is 0.333. The lowest BCUT2D eigenvalue weighted by molar-refractivity contribution is -0.138. The largest absolute Gasteiger partial charge is 0.427 e. The van der Waals surface area contributed by atoms with E-state index >= 15 is 0 Å². The van der Waals surface area contributed by atoms with E-state index < -0.39 is 22.9 Å². The number of benzene rings is 1. The lowest BCUT2D eigenvalue weighted by atomic mass is 10.2. The molecule has 0 saturated carbocycles. The Bertz CT molecular complexity index is 529. The van der Waals surface area contributed by atoms with Crippen LogP contribution in [0.2, 0.25) is 0 Å². The lowest BCUT2D eigenvalue weighted by Crippen LogP contribution is -2.16. The summed E-state index contributed by atoms with van der Waals surface area (Å²) in [5.41, 5.74) is -0.981. The molecule has 0 atom stereocenters. The second-order valence-electron chi connectivity index (χ2n) is 4.05. The van der Waals surface area contributed by atoms with E-state index in [4.69, 9.17) is 0 Å². The third-order valence-corrected chi connectivity index (χ3v) is 3.05. The first-order valence-corrected chi connectivity index (χ1v) is 6.21. The molecule has 0 radical (unpaired) electrons. The average molecular weight is 307 g/mol. The van der Waals surface area contributed by atoms with E-state index in [-0.39, 0.29) is 10.6 Å². The van der Waals surface area contributed by atoms with Crippen molar-refractivity contribution in [3.8, 4) is 5.75 Å². The van der Waals surface area contributed by atoms with Crippen LogP contribution in [0.25, 0.3) is 0 Å². The van der Waals surface area contributed by atoms with E-state index in [1.807, 2.05) is 0 Å². The summed E-state index contributed by atoms with van der Waals surface area (Å²) < 4.78 is 42.9. The minimum Gasteiger partial charge on any atom is -0.427 e. The Balaban J connectivity index is 3.16. The number of hydrogen-bond acceptors (Lipinski definition) is 4. The van der Waals surface area contributed by atoms with Gasteiger partial charge in [-0.05, 0) is 30.0 Å². The van der Waals surface area contributed by atoms with Gasteiger partial charge in [0.1, 0.15) is 5.75 Å². The molecule has 0 aromatic heterocycles. The van der Waals surface area contributed by atoms with Gasteiger partial charge in [0, 0.05) is 25.9 Å². The Morgan fingerprint density at radius 2 is 1.80 bits per heavy atom. The molecule has 0 saturated heterocycles. The van der Waals surface area contributed by atoms with E-state index in [0.717, 1.165) is 13.0 Å². The number of hydrogen-bond donors (Lipinski definition) is 0. The molecule has 0 aliphatic heterocycles. The maximum Gasteiger partial charge on any atom is 0.416 e. The average Bonchev–Trinajstić information content (AvgIpc) is 2.26. The summed E-state index contributed by atoms with van der Waals surface area (Å²) in [6.07, 6.45) is -4.59. The van der Waals surface area contributed by atoms with Crippen LogP contribution in [0.5, 0.6) is 5.75 Å². The van der Waals surface area contributed by atoms with Crippen LogP contribution in [0.4, 0.5) is 18.0 Å². The van der Waals surface area contributed by atoms with Crippen molar-refractivity contribution in [3.05, 3.63) is 23.8 Å². The maximum absolute atomic E-state index is 12.7. The number of ether oxygens (including phenoxy) is 1. The molecule has 1 aromatic rings. The van der Waals surface area contributed by atoms with E-state index in [0.29, 0.717) is 17.8 Å². The Labute approximate surface area is 117 Å². The molecule has 8 heteroatoms. The minimum atomic E-state index is -4.59. The van der Waals surface area contributed by atoms with Gasteiger partial charge >= 0.3 is 12.1 Å². The third kappa shape index (κ3) is 4.76. The summed E-state index contributed by atoms with van der Waals surface area (Å²) in [4.78, 5) is 23.6. The highest BCUT2D eigenvalue weighted by Gasteiger charge is 2.32. The molecule has 1 rings (SSSR count). The molecule has 1 amide bonds. The Morgan fingerprint density at radius 3 is 2.25 bits per heavy atom. The number of alkyl halides is 3. The lowest BCUT2D eigenvalue weighted by Gasteiger charge is -2.13. The molecular weight excluding hydrogens is 295 g/mol. The van der Waals surface area contributed by atoms with Crippen LogP contribution in [0, 0.1) is 0 Å². The van der Waals surface area contributed by atoms with Gasteiger partial charge in [-0.25, -0.2) is 0 Å². The molecule has 0 heterocycles. The summed E-state index contributed by atoms with van der Waals surface area (Å²) in [5, 5.41) is -0.432. The molecule has 0 spiro atoms. The normalized spacial score (nSPS) is 11.1. The summed E-state index contributed by atoms with van der Waals surface area (Å²) in [5.74, 6) is -0.986. The van der Waals surface area contributed by atoms with E-state index in [2.05, 4.69) is 4.74 Å². The van der Waals surface area contributed by atoms with Crippen molar-refractivity contribution in [3.63, 3.8) is 0 Å². The molecule has 0 aliphatic rings. The number of esters is 1. The summed E-state index contributed by atoms with van der Waals surface area (Å²) >= 11 is 0.619. The van der Waals surface area contributed by atoms with Gasteiger partial charge < -0.3 is 9.64 Å².